The van der Waals surface area contributed by atoms with Gasteiger partial charge in [-0.15, -0.1) is 0 Å². The Hall–Kier alpha value is -1.80. The van der Waals surface area contributed by atoms with Gasteiger partial charge in [-0.1, -0.05) is 37.3 Å². The van der Waals surface area contributed by atoms with Gasteiger partial charge < -0.3 is 9.64 Å². The van der Waals surface area contributed by atoms with Gasteiger partial charge in [0.25, 0.3) is 0 Å². The van der Waals surface area contributed by atoms with Gasteiger partial charge in [0.2, 0.25) is 0 Å². The van der Waals surface area contributed by atoms with Crippen molar-refractivity contribution in [3.05, 3.63) is 60.2 Å². The van der Waals surface area contributed by atoms with E-state index in [9.17, 15) is 0 Å². The second-order valence-electron chi connectivity index (χ2n) is 6.25. The van der Waals surface area contributed by atoms with Crippen LogP contribution in [0.2, 0.25) is 0 Å². The lowest BCUT2D eigenvalue weighted by atomic mass is 9.99. The molecule has 0 aliphatic carbocycles. The first kappa shape index (κ1) is 15.1. The van der Waals surface area contributed by atoms with E-state index in [1.165, 1.54) is 37.8 Å². The fourth-order valence-corrected chi connectivity index (χ4v) is 3.48. The summed E-state index contributed by atoms with van der Waals surface area (Å²) in [5.41, 5.74) is 1.38. The summed E-state index contributed by atoms with van der Waals surface area (Å²) in [6.07, 6.45) is 5.44. The number of hydrogen-bond donors (Lipinski definition) is 1. The molecule has 0 saturated carbocycles. The van der Waals surface area contributed by atoms with E-state index in [2.05, 4.69) is 25.1 Å². The van der Waals surface area contributed by atoms with Crippen molar-refractivity contribution >= 4 is 0 Å². The topological polar surface area (TPSA) is 13.7 Å². The zero-order chi connectivity index (χ0) is 15.2. The molecule has 1 aliphatic heterocycles. The lowest BCUT2D eigenvalue weighted by Gasteiger charge is -2.32. The molecule has 1 unspecified atom stereocenters. The standard InChI is InChI=1S/C20H25NO/c1-2-18-10-6-7-14-21(18)16-17-9-8-13-20(15-17)22-19-11-4-3-5-12-19/h3-5,8-9,11-13,15,18H,2,6-7,10,14,16H2,1H3/p+1/t18-/m1/s1. The minimum atomic E-state index is 0.826. The number of quaternary nitrogens is 1. The molecule has 1 fully saturated rings. The van der Waals surface area contributed by atoms with Crippen LogP contribution in [-0.2, 0) is 6.54 Å². The summed E-state index contributed by atoms with van der Waals surface area (Å²) in [7, 11) is 0. The lowest BCUT2D eigenvalue weighted by molar-refractivity contribution is -0.944. The predicted octanol–water partition coefficient (Wildman–Crippen LogP) is 3.83. The zero-order valence-corrected chi connectivity index (χ0v) is 13.4. The van der Waals surface area contributed by atoms with Crippen molar-refractivity contribution in [2.24, 2.45) is 0 Å². The summed E-state index contributed by atoms with van der Waals surface area (Å²) in [5, 5.41) is 0. The van der Waals surface area contributed by atoms with Gasteiger partial charge in [-0.05, 0) is 49.9 Å². The third-order valence-electron chi connectivity index (χ3n) is 4.68. The molecule has 116 valence electrons. The molecule has 2 heteroatoms. The molecule has 22 heavy (non-hydrogen) atoms. The van der Waals surface area contributed by atoms with Crippen LogP contribution < -0.4 is 9.64 Å². The highest BCUT2D eigenvalue weighted by molar-refractivity contribution is 5.33. The number of para-hydroxylation sites is 1. The summed E-state index contributed by atoms with van der Waals surface area (Å²) < 4.78 is 5.95. The normalized spacial score (nSPS) is 21.5. The van der Waals surface area contributed by atoms with E-state index >= 15 is 0 Å². The molecule has 1 N–H and O–H groups in total. The fraction of sp³-hybridized carbons (Fsp3) is 0.400. The van der Waals surface area contributed by atoms with Crippen molar-refractivity contribution in [1.82, 2.24) is 0 Å². The Morgan fingerprint density at radius 2 is 1.82 bits per heavy atom. The van der Waals surface area contributed by atoms with E-state index in [0.29, 0.717) is 0 Å². The van der Waals surface area contributed by atoms with Crippen LogP contribution >= 0.6 is 0 Å². The first-order valence-corrected chi connectivity index (χ1v) is 8.51. The highest BCUT2D eigenvalue weighted by Crippen LogP contribution is 2.21. The van der Waals surface area contributed by atoms with Gasteiger partial charge in [-0.25, -0.2) is 0 Å². The molecule has 2 nitrogen and oxygen atoms in total. The van der Waals surface area contributed by atoms with Gasteiger partial charge in [-0.3, -0.25) is 0 Å². The smallest absolute Gasteiger partial charge is 0.127 e. The second kappa shape index (κ2) is 7.46. The molecule has 2 aromatic rings. The molecule has 2 aromatic carbocycles. The van der Waals surface area contributed by atoms with Crippen LogP contribution in [0.1, 0.15) is 38.2 Å². The quantitative estimate of drug-likeness (QED) is 0.885. The van der Waals surface area contributed by atoms with Crippen LogP contribution in [0.5, 0.6) is 11.5 Å². The molecular weight excluding hydrogens is 270 g/mol. The van der Waals surface area contributed by atoms with Crippen molar-refractivity contribution in [2.45, 2.75) is 45.2 Å². The zero-order valence-electron chi connectivity index (χ0n) is 13.4. The molecule has 1 aliphatic rings. The third-order valence-corrected chi connectivity index (χ3v) is 4.68. The van der Waals surface area contributed by atoms with Crippen molar-refractivity contribution in [3.8, 4) is 11.5 Å². The van der Waals surface area contributed by atoms with E-state index in [-0.39, 0.29) is 0 Å². The van der Waals surface area contributed by atoms with E-state index < -0.39 is 0 Å². The molecule has 3 rings (SSSR count). The molecule has 1 heterocycles. The number of rotatable bonds is 5. The largest absolute Gasteiger partial charge is 0.457 e. The summed E-state index contributed by atoms with van der Waals surface area (Å²) in [4.78, 5) is 1.74. The van der Waals surface area contributed by atoms with Crippen LogP contribution in [0.3, 0.4) is 0 Å². The molecule has 2 atom stereocenters. The molecule has 0 radical (unpaired) electrons. The first-order valence-electron chi connectivity index (χ1n) is 8.51. The number of nitrogens with one attached hydrogen (secondary N) is 1. The maximum Gasteiger partial charge on any atom is 0.127 e. The maximum absolute atomic E-state index is 5.95. The van der Waals surface area contributed by atoms with Crippen LogP contribution in [0.15, 0.2) is 54.6 Å². The van der Waals surface area contributed by atoms with E-state index in [1.54, 1.807) is 4.90 Å². The Morgan fingerprint density at radius 3 is 2.64 bits per heavy atom. The summed E-state index contributed by atoms with van der Waals surface area (Å²) in [6, 6.07) is 19.4. The summed E-state index contributed by atoms with van der Waals surface area (Å²) in [6.45, 7) is 4.75. The van der Waals surface area contributed by atoms with Crippen LogP contribution in [0, 0.1) is 0 Å². The van der Waals surface area contributed by atoms with Crippen molar-refractivity contribution in [2.75, 3.05) is 6.54 Å². The highest BCUT2D eigenvalue weighted by Gasteiger charge is 2.24. The Labute approximate surface area is 133 Å². The Morgan fingerprint density at radius 1 is 1.00 bits per heavy atom. The Bertz CT molecular complexity index is 581. The average molecular weight is 296 g/mol. The molecule has 0 amide bonds. The number of likely N-dealkylation sites (tertiary alicyclic amines) is 1. The van der Waals surface area contributed by atoms with Gasteiger partial charge in [-0.2, -0.15) is 0 Å². The van der Waals surface area contributed by atoms with E-state index in [1.807, 2.05) is 36.4 Å². The Balaban J connectivity index is 1.68. The first-order chi connectivity index (χ1) is 10.8. The van der Waals surface area contributed by atoms with Crippen molar-refractivity contribution in [1.29, 1.82) is 0 Å². The molecule has 0 aromatic heterocycles. The third kappa shape index (κ3) is 3.89. The summed E-state index contributed by atoms with van der Waals surface area (Å²) in [5.74, 6) is 1.84. The van der Waals surface area contributed by atoms with Crippen LogP contribution in [0.4, 0.5) is 0 Å². The highest BCUT2D eigenvalue weighted by atomic mass is 16.5. The lowest BCUT2D eigenvalue weighted by Crippen LogP contribution is -3.15. The van der Waals surface area contributed by atoms with Gasteiger partial charge in [0.05, 0.1) is 12.6 Å². The Kier molecular flexibility index (Phi) is 5.12. The molecule has 0 spiro atoms. The number of benzene rings is 2. The predicted molar refractivity (Wildman–Crippen MR) is 90.4 cm³/mol. The van der Waals surface area contributed by atoms with Crippen molar-refractivity contribution < 1.29 is 9.64 Å². The monoisotopic (exact) mass is 296 g/mol. The molecular formula is C20H26NO+. The van der Waals surface area contributed by atoms with E-state index in [0.717, 1.165) is 24.1 Å². The SMILES string of the molecule is CC[C@@H]1CCCC[NH+]1Cc1cccc(Oc2ccccc2)c1. The van der Waals surface area contributed by atoms with Crippen LogP contribution in [-0.4, -0.2) is 12.6 Å². The van der Waals surface area contributed by atoms with Crippen LogP contribution in [0.25, 0.3) is 0 Å². The van der Waals surface area contributed by atoms with E-state index in [4.69, 9.17) is 4.74 Å². The number of piperidine rings is 1. The average Bonchev–Trinajstić information content (AvgIpc) is 2.57. The molecule has 0 bridgehead atoms. The van der Waals surface area contributed by atoms with Crippen molar-refractivity contribution in [3.63, 3.8) is 0 Å². The van der Waals surface area contributed by atoms with Gasteiger partial charge in [0.15, 0.2) is 0 Å². The fourth-order valence-electron chi connectivity index (χ4n) is 3.48. The minimum Gasteiger partial charge on any atom is -0.457 e. The maximum atomic E-state index is 5.95. The van der Waals surface area contributed by atoms with Gasteiger partial charge in [0, 0.05) is 5.56 Å². The minimum absolute atomic E-state index is 0.826. The van der Waals surface area contributed by atoms with Gasteiger partial charge >= 0.3 is 0 Å². The number of hydrogen-bond acceptors (Lipinski definition) is 1. The van der Waals surface area contributed by atoms with Gasteiger partial charge in [0.1, 0.15) is 18.0 Å². The summed E-state index contributed by atoms with van der Waals surface area (Å²) >= 11 is 0. The number of ether oxygens (including phenoxy) is 1. The molecule has 1 saturated heterocycles. The second-order valence-corrected chi connectivity index (χ2v) is 6.25.